The van der Waals surface area contributed by atoms with Crippen LogP contribution in [0.3, 0.4) is 0 Å². The predicted molar refractivity (Wildman–Crippen MR) is 82.6 cm³/mol. The largest absolute Gasteiger partial charge is 0.381 e. The fraction of sp³-hybridized carbons (Fsp3) is 1.00. The zero-order valence-corrected chi connectivity index (χ0v) is 13.3. The van der Waals surface area contributed by atoms with Crippen LogP contribution in [-0.4, -0.2) is 50.3 Å². The molecule has 1 heterocycles. The van der Waals surface area contributed by atoms with E-state index in [1.54, 1.807) is 0 Å². The molecule has 1 fully saturated rings. The summed E-state index contributed by atoms with van der Waals surface area (Å²) in [6, 6.07) is 0.733. The summed E-state index contributed by atoms with van der Waals surface area (Å²) in [6.45, 7) is 13.6. The lowest BCUT2D eigenvalue weighted by Crippen LogP contribution is -2.48. The molecular formula is C16H34N2O. The molecule has 1 aliphatic heterocycles. The summed E-state index contributed by atoms with van der Waals surface area (Å²) in [5.74, 6) is 0.779. The van der Waals surface area contributed by atoms with Gasteiger partial charge in [0.25, 0.3) is 0 Å². The van der Waals surface area contributed by atoms with Gasteiger partial charge in [-0.25, -0.2) is 0 Å². The van der Waals surface area contributed by atoms with E-state index in [4.69, 9.17) is 4.74 Å². The summed E-state index contributed by atoms with van der Waals surface area (Å²) in [4.78, 5) is 2.61. The normalized spacial score (nSPS) is 24.8. The zero-order chi connectivity index (χ0) is 13.9. The molecule has 0 radical (unpaired) electrons. The number of unbranched alkanes of at least 4 members (excludes halogenated alkanes) is 1. The van der Waals surface area contributed by atoms with Gasteiger partial charge in [0, 0.05) is 32.3 Å². The van der Waals surface area contributed by atoms with Gasteiger partial charge in [-0.2, -0.15) is 0 Å². The van der Waals surface area contributed by atoms with Crippen molar-refractivity contribution in [1.82, 2.24) is 10.2 Å². The number of piperidine rings is 1. The number of likely N-dealkylation sites (tertiary alicyclic amines) is 1. The Hall–Kier alpha value is -0.120. The summed E-state index contributed by atoms with van der Waals surface area (Å²) in [7, 11) is 0. The number of hydrogen-bond donors (Lipinski definition) is 1. The number of rotatable bonds is 10. The molecule has 1 rings (SSSR count). The first kappa shape index (κ1) is 16.9. The molecule has 114 valence electrons. The molecule has 2 atom stereocenters. The summed E-state index contributed by atoms with van der Waals surface area (Å²) < 4.78 is 5.63. The fourth-order valence-corrected chi connectivity index (χ4v) is 2.81. The molecule has 0 spiro atoms. The van der Waals surface area contributed by atoms with Gasteiger partial charge in [0.05, 0.1) is 0 Å². The quantitative estimate of drug-likeness (QED) is 0.618. The second-order valence-corrected chi connectivity index (χ2v) is 5.95. The molecule has 19 heavy (non-hydrogen) atoms. The van der Waals surface area contributed by atoms with Gasteiger partial charge in [-0.1, -0.05) is 27.2 Å². The monoisotopic (exact) mass is 270 g/mol. The molecule has 0 amide bonds. The van der Waals surface area contributed by atoms with Crippen molar-refractivity contribution in [2.45, 2.75) is 58.9 Å². The molecule has 1 aliphatic rings. The molecule has 0 aliphatic carbocycles. The minimum atomic E-state index is 0.733. The molecule has 0 aromatic heterocycles. The van der Waals surface area contributed by atoms with Crippen LogP contribution in [-0.2, 0) is 4.74 Å². The second kappa shape index (κ2) is 10.6. The summed E-state index contributed by atoms with van der Waals surface area (Å²) in [5.41, 5.74) is 0. The molecule has 1 saturated heterocycles. The lowest BCUT2D eigenvalue weighted by Gasteiger charge is -2.37. The minimum Gasteiger partial charge on any atom is -0.381 e. The van der Waals surface area contributed by atoms with E-state index in [1.165, 1.54) is 58.3 Å². The van der Waals surface area contributed by atoms with Crippen molar-refractivity contribution in [2.24, 2.45) is 5.92 Å². The highest BCUT2D eigenvalue weighted by Gasteiger charge is 2.24. The summed E-state index contributed by atoms with van der Waals surface area (Å²) >= 11 is 0. The third kappa shape index (κ3) is 7.28. The van der Waals surface area contributed by atoms with Crippen LogP contribution in [0.15, 0.2) is 0 Å². The van der Waals surface area contributed by atoms with Gasteiger partial charge >= 0.3 is 0 Å². The number of ether oxygens (including phenoxy) is 1. The topological polar surface area (TPSA) is 24.5 Å². The lowest BCUT2D eigenvalue weighted by atomic mass is 9.93. The van der Waals surface area contributed by atoms with E-state index in [1.807, 2.05) is 0 Å². The predicted octanol–water partition coefficient (Wildman–Crippen LogP) is 2.90. The van der Waals surface area contributed by atoms with Crippen molar-refractivity contribution in [3.63, 3.8) is 0 Å². The first-order valence-corrected chi connectivity index (χ1v) is 8.31. The highest BCUT2D eigenvalue weighted by molar-refractivity contribution is 4.82. The van der Waals surface area contributed by atoms with Gasteiger partial charge in [0.2, 0.25) is 0 Å². The standard InChI is InChI=1S/C16H34N2O/c1-4-6-12-19-13-7-10-18-11-8-16(15(3)14-18)17-9-5-2/h15-17H,4-14H2,1-3H3. The Bertz CT molecular complexity index is 211. The highest BCUT2D eigenvalue weighted by atomic mass is 16.5. The number of hydrogen-bond acceptors (Lipinski definition) is 3. The van der Waals surface area contributed by atoms with Crippen molar-refractivity contribution < 1.29 is 4.74 Å². The SMILES string of the molecule is CCCCOCCCN1CCC(NCCC)C(C)C1. The van der Waals surface area contributed by atoms with Crippen LogP contribution < -0.4 is 5.32 Å². The van der Waals surface area contributed by atoms with E-state index in [2.05, 4.69) is 31.0 Å². The molecule has 0 saturated carbocycles. The molecular weight excluding hydrogens is 236 g/mol. The Morgan fingerprint density at radius 2 is 1.95 bits per heavy atom. The van der Waals surface area contributed by atoms with Gasteiger partial charge in [-0.15, -0.1) is 0 Å². The molecule has 3 heteroatoms. The van der Waals surface area contributed by atoms with Crippen LogP contribution in [0.4, 0.5) is 0 Å². The maximum atomic E-state index is 5.63. The molecule has 0 aromatic rings. The Balaban J connectivity index is 2.04. The average molecular weight is 270 g/mol. The first-order valence-electron chi connectivity index (χ1n) is 8.31. The molecule has 0 aromatic carbocycles. The number of nitrogens with zero attached hydrogens (tertiary/aromatic N) is 1. The van der Waals surface area contributed by atoms with Gasteiger partial charge in [-0.3, -0.25) is 0 Å². The van der Waals surface area contributed by atoms with Crippen LogP contribution in [0.2, 0.25) is 0 Å². The lowest BCUT2D eigenvalue weighted by molar-refractivity contribution is 0.101. The van der Waals surface area contributed by atoms with E-state index < -0.39 is 0 Å². The zero-order valence-electron chi connectivity index (χ0n) is 13.3. The van der Waals surface area contributed by atoms with Gasteiger partial charge in [-0.05, 0) is 44.7 Å². The maximum Gasteiger partial charge on any atom is 0.0478 e. The first-order chi connectivity index (χ1) is 9.27. The fourth-order valence-electron chi connectivity index (χ4n) is 2.81. The van der Waals surface area contributed by atoms with Crippen LogP contribution in [0.25, 0.3) is 0 Å². The molecule has 3 nitrogen and oxygen atoms in total. The third-order valence-electron chi connectivity index (χ3n) is 4.05. The maximum absolute atomic E-state index is 5.63. The molecule has 2 unspecified atom stereocenters. The van der Waals surface area contributed by atoms with Crippen LogP contribution in [0, 0.1) is 5.92 Å². The molecule has 0 bridgehead atoms. The van der Waals surface area contributed by atoms with Crippen molar-refractivity contribution in [3.8, 4) is 0 Å². The Labute approximate surface area is 120 Å². The van der Waals surface area contributed by atoms with Gasteiger partial charge < -0.3 is 15.0 Å². The summed E-state index contributed by atoms with van der Waals surface area (Å²) in [5, 5.41) is 3.68. The van der Waals surface area contributed by atoms with Crippen LogP contribution >= 0.6 is 0 Å². The summed E-state index contributed by atoms with van der Waals surface area (Å²) in [6.07, 6.45) is 6.16. The van der Waals surface area contributed by atoms with E-state index >= 15 is 0 Å². The van der Waals surface area contributed by atoms with Crippen molar-refractivity contribution >= 4 is 0 Å². The van der Waals surface area contributed by atoms with Crippen LogP contribution in [0.5, 0.6) is 0 Å². The molecule has 1 N–H and O–H groups in total. The number of nitrogens with one attached hydrogen (secondary N) is 1. The second-order valence-electron chi connectivity index (χ2n) is 5.95. The van der Waals surface area contributed by atoms with E-state index in [0.717, 1.165) is 25.2 Å². The third-order valence-corrected chi connectivity index (χ3v) is 4.05. The van der Waals surface area contributed by atoms with Crippen molar-refractivity contribution in [1.29, 1.82) is 0 Å². The van der Waals surface area contributed by atoms with E-state index in [-0.39, 0.29) is 0 Å². The van der Waals surface area contributed by atoms with Crippen molar-refractivity contribution in [3.05, 3.63) is 0 Å². The van der Waals surface area contributed by atoms with Crippen molar-refractivity contribution in [2.75, 3.05) is 39.4 Å². The highest BCUT2D eigenvalue weighted by Crippen LogP contribution is 2.16. The Kier molecular flexibility index (Phi) is 9.48. The smallest absolute Gasteiger partial charge is 0.0478 e. The van der Waals surface area contributed by atoms with Gasteiger partial charge in [0.15, 0.2) is 0 Å². The van der Waals surface area contributed by atoms with Gasteiger partial charge in [0.1, 0.15) is 0 Å². The van der Waals surface area contributed by atoms with Crippen LogP contribution in [0.1, 0.15) is 52.9 Å². The Morgan fingerprint density at radius 1 is 1.16 bits per heavy atom. The average Bonchev–Trinajstić information content (AvgIpc) is 2.42. The minimum absolute atomic E-state index is 0.733. The van der Waals surface area contributed by atoms with E-state index in [0.29, 0.717) is 0 Å². The van der Waals surface area contributed by atoms with E-state index in [9.17, 15) is 0 Å². The Morgan fingerprint density at radius 3 is 2.63 bits per heavy atom.